The molecule has 2 amide bonds. The molecule has 2 aliphatic heterocycles. The van der Waals surface area contributed by atoms with Crippen LogP contribution in [0, 0.1) is 5.92 Å². The molecule has 6 heteroatoms. The van der Waals surface area contributed by atoms with Crippen LogP contribution in [0.4, 0.5) is 0 Å². The molecule has 1 unspecified atom stereocenters. The van der Waals surface area contributed by atoms with Crippen LogP contribution >= 0.6 is 0 Å². The van der Waals surface area contributed by atoms with E-state index in [9.17, 15) is 9.59 Å². The first-order chi connectivity index (χ1) is 15.2. The second kappa shape index (κ2) is 10.4. The molecule has 4 rings (SSSR count). The number of furan rings is 1. The van der Waals surface area contributed by atoms with Crippen LogP contribution in [0.3, 0.4) is 0 Å². The minimum atomic E-state index is -0.0435. The zero-order chi connectivity index (χ0) is 21.5. The number of rotatable bonds is 7. The summed E-state index contributed by atoms with van der Waals surface area (Å²) in [7, 11) is 0. The summed E-state index contributed by atoms with van der Waals surface area (Å²) in [4.78, 5) is 29.5. The Morgan fingerprint density at radius 3 is 2.45 bits per heavy atom. The van der Waals surface area contributed by atoms with Crippen molar-refractivity contribution in [1.29, 1.82) is 0 Å². The first-order valence-electron chi connectivity index (χ1n) is 11.3. The van der Waals surface area contributed by atoms with Gasteiger partial charge in [0.1, 0.15) is 5.76 Å². The molecule has 0 radical (unpaired) electrons. The SMILES string of the molecule is O=C(NCC(c1ccco1)N1CCCC1)C1CCN(C(=O)/C=C/c2ccccc2)CC1. The fourth-order valence-corrected chi connectivity index (χ4v) is 4.48. The minimum Gasteiger partial charge on any atom is -0.468 e. The van der Waals surface area contributed by atoms with Crippen LogP contribution in [0.1, 0.15) is 43.0 Å². The van der Waals surface area contributed by atoms with E-state index < -0.39 is 0 Å². The van der Waals surface area contributed by atoms with Crippen LogP contribution in [-0.4, -0.2) is 54.3 Å². The second-order valence-corrected chi connectivity index (χ2v) is 8.36. The van der Waals surface area contributed by atoms with Gasteiger partial charge < -0.3 is 14.6 Å². The van der Waals surface area contributed by atoms with Crippen LogP contribution in [-0.2, 0) is 9.59 Å². The van der Waals surface area contributed by atoms with E-state index in [-0.39, 0.29) is 23.8 Å². The van der Waals surface area contributed by atoms with Gasteiger partial charge in [0.2, 0.25) is 11.8 Å². The van der Waals surface area contributed by atoms with E-state index in [0.717, 1.165) is 24.4 Å². The second-order valence-electron chi connectivity index (χ2n) is 8.36. The van der Waals surface area contributed by atoms with E-state index in [1.54, 1.807) is 12.3 Å². The Labute approximate surface area is 183 Å². The van der Waals surface area contributed by atoms with Gasteiger partial charge in [-0.1, -0.05) is 30.3 Å². The van der Waals surface area contributed by atoms with Gasteiger partial charge in [0.05, 0.1) is 12.3 Å². The Bertz CT molecular complexity index is 865. The van der Waals surface area contributed by atoms with Gasteiger partial charge in [0.25, 0.3) is 0 Å². The summed E-state index contributed by atoms with van der Waals surface area (Å²) in [6.45, 7) is 3.87. The van der Waals surface area contributed by atoms with Crippen molar-refractivity contribution in [3.63, 3.8) is 0 Å². The molecule has 0 spiro atoms. The average Bonchev–Trinajstić information content (AvgIpc) is 3.53. The van der Waals surface area contributed by atoms with Gasteiger partial charge in [0.15, 0.2) is 0 Å². The highest BCUT2D eigenvalue weighted by Crippen LogP contribution is 2.25. The summed E-state index contributed by atoms with van der Waals surface area (Å²) < 4.78 is 5.64. The number of benzene rings is 1. The first kappa shape index (κ1) is 21.4. The van der Waals surface area contributed by atoms with Gasteiger partial charge in [-0.25, -0.2) is 0 Å². The number of carbonyl (C=O) groups is 2. The largest absolute Gasteiger partial charge is 0.468 e. The summed E-state index contributed by atoms with van der Waals surface area (Å²) >= 11 is 0. The lowest BCUT2D eigenvalue weighted by Crippen LogP contribution is -2.44. The molecule has 0 bridgehead atoms. The Morgan fingerprint density at radius 1 is 1.03 bits per heavy atom. The maximum atomic E-state index is 12.8. The number of carbonyl (C=O) groups excluding carboxylic acids is 2. The number of hydrogen-bond donors (Lipinski definition) is 1. The lowest BCUT2D eigenvalue weighted by Gasteiger charge is -2.31. The molecule has 3 heterocycles. The predicted octanol–water partition coefficient (Wildman–Crippen LogP) is 3.48. The summed E-state index contributed by atoms with van der Waals surface area (Å²) in [5, 5.41) is 3.15. The predicted molar refractivity (Wildman–Crippen MR) is 120 cm³/mol. The van der Waals surface area contributed by atoms with E-state index in [1.165, 1.54) is 12.8 Å². The summed E-state index contributed by atoms with van der Waals surface area (Å²) in [5.41, 5.74) is 1.01. The molecule has 2 saturated heterocycles. The van der Waals surface area contributed by atoms with Crippen molar-refractivity contribution in [2.24, 2.45) is 5.92 Å². The lowest BCUT2D eigenvalue weighted by molar-refractivity contribution is -0.132. The maximum Gasteiger partial charge on any atom is 0.246 e. The number of likely N-dealkylation sites (tertiary alicyclic amines) is 2. The zero-order valence-corrected chi connectivity index (χ0v) is 17.9. The quantitative estimate of drug-likeness (QED) is 0.695. The summed E-state index contributed by atoms with van der Waals surface area (Å²) in [5.74, 6) is 0.961. The fourth-order valence-electron chi connectivity index (χ4n) is 4.48. The molecule has 1 aromatic carbocycles. The molecular formula is C25H31N3O3. The van der Waals surface area contributed by atoms with Crippen LogP contribution < -0.4 is 5.32 Å². The summed E-state index contributed by atoms with van der Waals surface area (Å²) in [6.07, 6.45) is 8.94. The molecule has 2 aromatic rings. The van der Waals surface area contributed by atoms with E-state index in [0.29, 0.717) is 32.5 Å². The van der Waals surface area contributed by atoms with Gasteiger partial charge in [-0.15, -0.1) is 0 Å². The molecular weight excluding hydrogens is 390 g/mol. The number of piperidine rings is 1. The van der Waals surface area contributed by atoms with E-state index in [1.807, 2.05) is 53.4 Å². The molecule has 1 N–H and O–H groups in total. The van der Waals surface area contributed by atoms with E-state index in [2.05, 4.69) is 10.2 Å². The Balaban J connectivity index is 1.25. The van der Waals surface area contributed by atoms with Crippen LogP contribution in [0.2, 0.25) is 0 Å². The molecule has 2 fully saturated rings. The standard InChI is InChI=1S/C25H31N3O3/c29-24(11-10-20-7-2-1-3-8-20)28-16-12-21(13-17-28)25(30)26-19-22(23-9-6-18-31-23)27-14-4-5-15-27/h1-3,6-11,18,21-22H,4-5,12-17,19H2,(H,26,30)/b11-10+. The fraction of sp³-hybridized carbons (Fsp3) is 0.440. The number of amides is 2. The average molecular weight is 422 g/mol. The molecule has 1 atom stereocenters. The molecule has 164 valence electrons. The molecule has 2 aliphatic rings. The third kappa shape index (κ3) is 5.64. The van der Waals surface area contributed by atoms with Gasteiger partial charge in [-0.3, -0.25) is 14.5 Å². The van der Waals surface area contributed by atoms with Gasteiger partial charge >= 0.3 is 0 Å². The van der Waals surface area contributed by atoms with E-state index in [4.69, 9.17) is 4.42 Å². The van der Waals surface area contributed by atoms with Crippen molar-refractivity contribution in [3.8, 4) is 0 Å². The Morgan fingerprint density at radius 2 is 1.77 bits per heavy atom. The van der Waals surface area contributed by atoms with Crippen molar-refractivity contribution in [1.82, 2.24) is 15.1 Å². The van der Waals surface area contributed by atoms with Crippen LogP contribution in [0.5, 0.6) is 0 Å². The van der Waals surface area contributed by atoms with Crippen LogP contribution in [0.15, 0.2) is 59.2 Å². The summed E-state index contributed by atoms with van der Waals surface area (Å²) in [6, 6.07) is 13.8. The molecule has 0 aliphatic carbocycles. The first-order valence-corrected chi connectivity index (χ1v) is 11.3. The highest BCUT2D eigenvalue weighted by molar-refractivity contribution is 5.92. The highest BCUT2D eigenvalue weighted by atomic mass is 16.3. The van der Waals surface area contributed by atoms with Gasteiger partial charge in [0, 0.05) is 31.6 Å². The number of hydrogen-bond acceptors (Lipinski definition) is 4. The lowest BCUT2D eigenvalue weighted by atomic mass is 9.95. The minimum absolute atomic E-state index is 0.00891. The Kier molecular flexibility index (Phi) is 7.20. The van der Waals surface area contributed by atoms with Crippen LogP contribution in [0.25, 0.3) is 6.08 Å². The number of nitrogens with zero attached hydrogens (tertiary/aromatic N) is 2. The van der Waals surface area contributed by atoms with Crippen molar-refractivity contribution in [2.45, 2.75) is 31.7 Å². The molecule has 31 heavy (non-hydrogen) atoms. The molecule has 1 aromatic heterocycles. The van der Waals surface area contributed by atoms with Crippen molar-refractivity contribution in [3.05, 3.63) is 66.1 Å². The van der Waals surface area contributed by atoms with Crippen molar-refractivity contribution in [2.75, 3.05) is 32.7 Å². The van der Waals surface area contributed by atoms with Gasteiger partial charge in [-0.05, 0) is 62.5 Å². The molecule has 0 saturated carbocycles. The zero-order valence-electron chi connectivity index (χ0n) is 17.9. The van der Waals surface area contributed by atoms with Crippen molar-refractivity contribution >= 4 is 17.9 Å². The third-order valence-corrected chi connectivity index (χ3v) is 6.32. The Hall–Kier alpha value is -2.86. The monoisotopic (exact) mass is 421 g/mol. The topological polar surface area (TPSA) is 65.8 Å². The normalized spacial score (nSPS) is 19.0. The maximum absolute atomic E-state index is 12.8. The smallest absolute Gasteiger partial charge is 0.246 e. The third-order valence-electron chi connectivity index (χ3n) is 6.32. The van der Waals surface area contributed by atoms with E-state index >= 15 is 0 Å². The number of nitrogens with one attached hydrogen (secondary N) is 1. The highest BCUT2D eigenvalue weighted by Gasteiger charge is 2.29. The van der Waals surface area contributed by atoms with Gasteiger partial charge in [-0.2, -0.15) is 0 Å². The van der Waals surface area contributed by atoms with Crippen molar-refractivity contribution < 1.29 is 14.0 Å². The molecule has 6 nitrogen and oxygen atoms in total.